The molecule has 158 valence electrons. The zero-order valence-corrected chi connectivity index (χ0v) is 20.8. The van der Waals surface area contributed by atoms with Gasteiger partial charge in [0, 0.05) is 5.92 Å². The maximum absolute atomic E-state index is 11.6. The van der Waals surface area contributed by atoms with Crippen LogP contribution in [0.4, 0.5) is 0 Å². The van der Waals surface area contributed by atoms with Crippen molar-refractivity contribution in [2.24, 2.45) is 11.8 Å². The average molecular weight is 563 g/mol. The Kier molecular flexibility index (Phi) is 11.3. The molecule has 0 aliphatic carbocycles. The normalized spacial score (nSPS) is 30.6. The summed E-state index contributed by atoms with van der Waals surface area (Å²) >= 11 is -0.586. The first-order valence-electron chi connectivity index (χ1n) is 9.27. The van der Waals surface area contributed by atoms with Gasteiger partial charge in [-0.1, -0.05) is 13.8 Å². The molecule has 1 fully saturated rings. The van der Waals surface area contributed by atoms with Gasteiger partial charge in [-0.3, -0.25) is 4.79 Å². The molecule has 6 unspecified atom stereocenters. The second kappa shape index (κ2) is 12.1. The molecular weight excluding hydrogens is 531 g/mol. The molecule has 0 amide bonds. The van der Waals surface area contributed by atoms with Crippen LogP contribution in [-0.4, -0.2) is 82.7 Å². The van der Waals surface area contributed by atoms with Crippen LogP contribution >= 0.6 is 19.7 Å². The number of carbonyl (C=O) groups excluding carboxylic acids is 1. The summed E-state index contributed by atoms with van der Waals surface area (Å²) in [4.78, 5) is 21.8. The van der Waals surface area contributed by atoms with Crippen molar-refractivity contribution in [3.63, 3.8) is 0 Å². The van der Waals surface area contributed by atoms with Crippen molar-refractivity contribution in [3.05, 3.63) is 0 Å². The first-order valence-corrected chi connectivity index (χ1v) is 18.2. The summed E-state index contributed by atoms with van der Waals surface area (Å²) in [5.74, 6) is -3.59. The minimum atomic E-state index is -2.58. The van der Waals surface area contributed by atoms with E-state index >= 15 is 0 Å². The van der Waals surface area contributed by atoms with Gasteiger partial charge in [0.15, 0.2) is 0 Å². The van der Waals surface area contributed by atoms with E-state index in [0.29, 0.717) is 0 Å². The number of hydrogen-bond donors (Lipinski definition) is 5. The van der Waals surface area contributed by atoms with Gasteiger partial charge < -0.3 is 0 Å². The summed E-state index contributed by atoms with van der Waals surface area (Å²) < 4.78 is 21.0. The van der Waals surface area contributed by atoms with Crippen LogP contribution in [0.1, 0.15) is 42.4 Å². The fourth-order valence-corrected chi connectivity index (χ4v) is 5.76. The molecule has 0 aromatic carbocycles. The predicted octanol–water partition coefficient (Wildman–Crippen LogP) is 0.182. The molecule has 0 radical (unpaired) electrons. The Labute approximate surface area is 178 Å². The molecule has 0 aromatic heterocycles. The number of nitrogens with one attached hydrogen (secondary N) is 1. The van der Waals surface area contributed by atoms with Crippen molar-refractivity contribution < 1.29 is 39.7 Å². The number of hydrogen-bond acceptors (Lipinski definition) is 8. The second-order valence-electron chi connectivity index (χ2n) is 6.82. The number of ether oxygens (including phenoxy) is 1. The van der Waals surface area contributed by atoms with Crippen LogP contribution in [0.25, 0.3) is 0 Å². The minimum absolute atomic E-state index is 0.213. The summed E-state index contributed by atoms with van der Waals surface area (Å²) in [6.07, 6.45) is -5.38. The van der Waals surface area contributed by atoms with Gasteiger partial charge in [-0.15, -0.1) is 0 Å². The van der Waals surface area contributed by atoms with Crippen molar-refractivity contribution in [2.75, 3.05) is 7.05 Å². The quantitative estimate of drug-likeness (QED) is 0.217. The summed E-state index contributed by atoms with van der Waals surface area (Å²) in [6, 6.07) is 0. The molecule has 1 heterocycles. The SMILES string of the molecule is CC(=O)C(C)C.[2H]CC(O)C(O)C1OC([O][Ga]([I])[NH]C)(C(=O)O)CC(O)C1C. The molecule has 1 aliphatic rings. The number of aliphatic carboxylic acids is 1. The molecule has 0 aromatic rings. The molecule has 5 N–H and O–H groups in total. The van der Waals surface area contributed by atoms with E-state index in [1.54, 1.807) is 20.9 Å². The van der Waals surface area contributed by atoms with Crippen LogP contribution in [0, 0.1) is 11.8 Å². The number of carboxylic acid groups (broad SMARTS) is 1. The van der Waals surface area contributed by atoms with E-state index in [0.717, 1.165) is 0 Å². The van der Waals surface area contributed by atoms with Crippen molar-refractivity contribution in [3.8, 4) is 0 Å². The number of ketones is 1. The Balaban J connectivity index is 0.00000105. The van der Waals surface area contributed by atoms with Gasteiger partial charge in [0.1, 0.15) is 5.78 Å². The number of Topliss-reactive ketones (excluding diaryl/α,β-unsaturated/α-hetero) is 1. The zero-order chi connectivity index (χ0) is 22.2. The Morgan fingerprint density at radius 2 is 1.96 bits per heavy atom. The van der Waals surface area contributed by atoms with Gasteiger partial charge in [0.2, 0.25) is 0 Å². The summed E-state index contributed by atoms with van der Waals surface area (Å²) in [6.45, 7) is 6.51. The molecule has 0 saturated carbocycles. The monoisotopic (exact) mass is 562 g/mol. The number of aliphatic hydroxyl groups is 3. The number of carbonyl (C=O) groups is 2. The summed E-state index contributed by atoms with van der Waals surface area (Å²) in [5, 5.41) is 39.4. The summed E-state index contributed by atoms with van der Waals surface area (Å²) in [5.41, 5.74) is 0. The van der Waals surface area contributed by atoms with Gasteiger partial charge in [-0.2, -0.15) is 0 Å². The van der Waals surface area contributed by atoms with Gasteiger partial charge >= 0.3 is 141 Å². The van der Waals surface area contributed by atoms with Crippen molar-refractivity contribution in [1.82, 2.24) is 4.02 Å². The average Bonchev–Trinajstić information content (AvgIpc) is 2.63. The van der Waals surface area contributed by atoms with E-state index in [9.17, 15) is 30.0 Å². The Bertz CT molecular complexity index is 513. The molecule has 1 aliphatic heterocycles. The first-order chi connectivity index (χ1) is 12.8. The summed E-state index contributed by atoms with van der Waals surface area (Å²) in [7, 11) is 1.64. The molecule has 11 heteroatoms. The van der Waals surface area contributed by atoms with Crippen LogP contribution in [0.3, 0.4) is 0 Å². The fourth-order valence-electron chi connectivity index (χ4n) is 2.15. The Morgan fingerprint density at radius 3 is 2.33 bits per heavy atom. The zero-order valence-electron chi connectivity index (χ0n) is 17.3. The molecular formula is C16H31GaINO8. The first kappa shape index (κ1) is 25.3. The van der Waals surface area contributed by atoms with Gasteiger partial charge in [-0.05, 0) is 6.92 Å². The molecule has 1 saturated heterocycles. The predicted molar refractivity (Wildman–Crippen MR) is 108 cm³/mol. The van der Waals surface area contributed by atoms with Crippen LogP contribution in [0.15, 0.2) is 0 Å². The van der Waals surface area contributed by atoms with E-state index in [1.807, 2.05) is 33.5 Å². The van der Waals surface area contributed by atoms with Crippen molar-refractivity contribution in [2.45, 2.75) is 71.2 Å². The second-order valence-corrected chi connectivity index (χ2v) is 15.7. The molecule has 9 nitrogen and oxygen atoms in total. The number of aliphatic hydroxyl groups excluding tert-OH is 3. The van der Waals surface area contributed by atoms with Crippen LogP contribution in [0.2, 0.25) is 0 Å². The number of halogens is 1. The van der Waals surface area contributed by atoms with Gasteiger partial charge in [-0.25, -0.2) is 0 Å². The molecule has 27 heavy (non-hydrogen) atoms. The fraction of sp³-hybridized carbons (Fsp3) is 0.875. The third-order valence-electron chi connectivity index (χ3n) is 4.32. The van der Waals surface area contributed by atoms with E-state index in [4.69, 9.17) is 9.64 Å². The van der Waals surface area contributed by atoms with Crippen molar-refractivity contribution in [1.29, 1.82) is 0 Å². The topological polar surface area (TPSA) is 146 Å². The molecule has 6 atom stereocenters. The molecule has 1 rings (SSSR count). The maximum atomic E-state index is 11.6. The number of carboxylic acids is 1. The van der Waals surface area contributed by atoms with E-state index < -0.39 is 62.3 Å². The third kappa shape index (κ3) is 8.26. The van der Waals surface area contributed by atoms with Crippen LogP contribution < -0.4 is 4.02 Å². The van der Waals surface area contributed by atoms with E-state index in [2.05, 4.69) is 4.02 Å². The van der Waals surface area contributed by atoms with Crippen LogP contribution in [-0.2, 0) is 17.9 Å². The molecule has 0 bridgehead atoms. The molecule has 0 spiro atoms. The standard InChI is InChI=1S/C10H17O7.C5H10O.CH4N.Ga.HI/c1-4-6(12)3-10(16,9(14)15)17-8(4)7(13)5(2)11;1-4(2)5(3)6;1-2;;/h4-8,11-13H,3H2,1-2H3,(H,14,15);4H,1-3H3;2H,1H3;;1H/q-1;;-1;+3;/p-1/i2D;;;;. The van der Waals surface area contributed by atoms with Crippen molar-refractivity contribution >= 4 is 44.7 Å². The third-order valence-corrected chi connectivity index (χ3v) is 11.1. The van der Waals surface area contributed by atoms with Crippen LogP contribution in [0.5, 0.6) is 0 Å². The van der Waals surface area contributed by atoms with Gasteiger partial charge in [0.25, 0.3) is 0 Å². The number of rotatable bonds is 7. The van der Waals surface area contributed by atoms with E-state index in [-0.39, 0.29) is 18.1 Å². The van der Waals surface area contributed by atoms with E-state index in [1.165, 1.54) is 0 Å². The Morgan fingerprint density at radius 1 is 1.44 bits per heavy atom. The van der Waals surface area contributed by atoms with Gasteiger partial charge in [0.05, 0.1) is 0 Å². The Hall–Kier alpha value is 0.266.